The summed E-state index contributed by atoms with van der Waals surface area (Å²) in [6, 6.07) is 4.21. The smallest absolute Gasteiger partial charge is 0.312 e. The number of methoxy groups -OCH3 is 1. The van der Waals surface area contributed by atoms with E-state index in [2.05, 4.69) is 16.0 Å². The molecule has 0 saturated carbocycles. The third-order valence-corrected chi connectivity index (χ3v) is 4.42. The molecule has 0 fully saturated rings. The van der Waals surface area contributed by atoms with E-state index in [-0.39, 0.29) is 28.9 Å². The summed E-state index contributed by atoms with van der Waals surface area (Å²) in [5.74, 6) is -0.187. The van der Waals surface area contributed by atoms with E-state index in [1.54, 1.807) is 0 Å². The van der Waals surface area contributed by atoms with Crippen molar-refractivity contribution in [2.24, 2.45) is 0 Å². The highest BCUT2D eigenvalue weighted by Gasteiger charge is 2.34. The lowest BCUT2D eigenvalue weighted by molar-refractivity contribution is -0.385. The number of nitro benzene ring substituents is 1. The van der Waals surface area contributed by atoms with Gasteiger partial charge < -0.3 is 20.7 Å². The Bertz CT molecular complexity index is 716. The molecule has 0 aliphatic carbocycles. The predicted molar refractivity (Wildman–Crippen MR) is 115 cm³/mol. The first-order chi connectivity index (χ1) is 13.1. The normalized spacial score (nSPS) is 12.0. The first kappa shape index (κ1) is 24.5. The maximum Gasteiger partial charge on any atom is 0.312 e. The number of halogens is 3. The van der Waals surface area contributed by atoms with Crippen molar-refractivity contribution in [3.05, 3.63) is 28.3 Å². The van der Waals surface area contributed by atoms with Crippen LogP contribution in [0.25, 0.3) is 0 Å². The number of amides is 1. The number of anilines is 1. The number of benzene rings is 1. The largest absolute Gasteiger partial charge is 0.490 e. The topological polar surface area (TPSA) is 106 Å². The average Bonchev–Trinajstić information content (AvgIpc) is 2.60. The molecule has 0 aliphatic rings. The Hall–Kier alpha value is -1.55. The summed E-state index contributed by atoms with van der Waals surface area (Å²) >= 11 is 22.9. The quantitative estimate of drug-likeness (QED) is 0.123. The molecule has 0 radical (unpaired) electrons. The van der Waals surface area contributed by atoms with Crippen molar-refractivity contribution < 1.29 is 14.5 Å². The summed E-state index contributed by atoms with van der Waals surface area (Å²) in [4.78, 5) is 22.5. The highest BCUT2D eigenvalue weighted by molar-refractivity contribution is 7.80. The van der Waals surface area contributed by atoms with Crippen molar-refractivity contribution in [3.63, 3.8) is 0 Å². The minimum Gasteiger partial charge on any atom is -0.490 e. The van der Waals surface area contributed by atoms with Crippen LogP contribution in [-0.2, 0) is 4.79 Å². The Morgan fingerprint density at radius 1 is 1.32 bits per heavy atom. The van der Waals surface area contributed by atoms with Gasteiger partial charge in [-0.25, -0.2) is 0 Å². The molecule has 0 bridgehead atoms. The Balaban J connectivity index is 2.79. The molecule has 12 heteroatoms. The van der Waals surface area contributed by atoms with Crippen LogP contribution in [0.1, 0.15) is 32.6 Å². The standard InChI is InChI=1S/C16H21Cl3N4O4S/c1-3-4-5-6-13(24)21-14(16(17,18)19)22-15(28)20-10-7-8-12(27-2)11(9-10)23(25)26/h7-9,14H,3-6H2,1-2H3,(H,21,24)(H2,20,22,28)/t14-/m0/s1. The van der Waals surface area contributed by atoms with E-state index in [0.29, 0.717) is 12.1 Å². The molecule has 0 saturated heterocycles. The first-order valence-corrected chi connectivity index (χ1v) is 9.88. The molecule has 1 amide bonds. The van der Waals surface area contributed by atoms with Crippen LogP contribution in [0, 0.1) is 10.1 Å². The van der Waals surface area contributed by atoms with Gasteiger partial charge in [0, 0.05) is 18.2 Å². The van der Waals surface area contributed by atoms with Crippen molar-refractivity contribution in [2.75, 3.05) is 12.4 Å². The second kappa shape index (κ2) is 11.5. The second-order valence-corrected chi connectivity index (χ2v) is 8.52. The van der Waals surface area contributed by atoms with Gasteiger partial charge in [-0.15, -0.1) is 0 Å². The number of thiocarbonyl (C=S) groups is 1. The lowest BCUT2D eigenvalue weighted by Gasteiger charge is -2.27. The lowest BCUT2D eigenvalue weighted by Crippen LogP contribution is -2.56. The molecule has 0 spiro atoms. The van der Waals surface area contributed by atoms with Crippen LogP contribution in [0.15, 0.2) is 18.2 Å². The van der Waals surface area contributed by atoms with E-state index < -0.39 is 14.9 Å². The Kier molecular flexibility index (Phi) is 10.0. The van der Waals surface area contributed by atoms with E-state index >= 15 is 0 Å². The van der Waals surface area contributed by atoms with E-state index in [4.69, 9.17) is 51.8 Å². The van der Waals surface area contributed by atoms with Crippen molar-refractivity contribution >= 4 is 69.4 Å². The lowest BCUT2D eigenvalue weighted by atomic mass is 10.2. The van der Waals surface area contributed by atoms with Crippen LogP contribution in [-0.4, -0.2) is 33.0 Å². The molecular formula is C16H21Cl3N4O4S. The number of ether oxygens (including phenoxy) is 1. The zero-order valence-electron chi connectivity index (χ0n) is 15.3. The summed E-state index contributed by atoms with van der Waals surface area (Å²) in [5.41, 5.74) is 0.0831. The van der Waals surface area contributed by atoms with Crippen LogP contribution in [0.5, 0.6) is 5.75 Å². The van der Waals surface area contributed by atoms with E-state index in [0.717, 1.165) is 12.8 Å². The van der Waals surface area contributed by atoms with Crippen LogP contribution in [0.4, 0.5) is 11.4 Å². The highest BCUT2D eigenvalue weighted by atomic mass is 35.6. The van der Waals surface area contributed by atoms with Gasteiger partial charge >= 0.3 is 5.69 Å². The molecule has 0 aromatic heterocycles. The Labute approximate surface area is 183 Å². The van der Waals surface area contributed by atoms with Gasteiger partial charge in [-0.3, -0.25) is 14.9 Å². The van der Waals surface area contributed by atoms with Crippen LogP contribution in [0.2, 0.25) is 0 Å². The van der Waals surface area contributed by atoms with Gasteiger partial charge in [0.2, 0.25) is 9.70 Å². The van der Waals surface area contributed by atoms with E-state index in [1.165, 1.54) is 25.3 Å². The van der Waals surface area contributed by atoms with Crippen LogP contribution < -0.4 is 20.7 Å². The van der Waals surface area contributed by atoms with Gasteiger partial charge in [0.1, 0.15) is 6.17 Å². The molecule has 1 aromatic rings. The number of carbonyl (C=O) groups is 1. The summed E-state index contributed by atoms with van der Waals surface area (Å²) in [6.07, 6.45) is 1.79. The van der Waals surface area contributed by atoms with Gasteiger partial charge in [0.25, 0.3) is 0 Å². The summed E-state index contributed by atoms with van der Waals surface area (Å²) in [7, 11) is 1.33. The number of nitrogens with one attached hydrogen (secondary N) is 3. The van der Waals surface area contributed by atoms with Crippen LogP contribution in [0.3, 0.4) is 0 Å². The number of unbranched alkanes of at least 4 members (excludes halogenated alkanes) is 2. The SMILES string of the molecule is CCCCCC(=O)N[C@@H](NC(=S)Nc1ccc(OC)c([N+](=O)[O-])c1)C(Cl)(Cl)Cl. The molecule has 0 unspecified atom stereocenters. The molecule has 1 atom stereocenters. The molecule has 8 nitrogen and oxygen atoms in total. The number of nitro groups is 1. The summed E-state index contributed by atoms with van der Waals surface area (Å²) in [5, 5.41) is 19.1. The maximum absolute atomic E-state index is 12.0. The molecule has 156 valence electrons. The Morgan fingerprint density at radius 3 is 2.54 bits per heavy atom. The van der Waals surface area contributed by atoms with Crippen LogP contribution >= 0.6 is 47.0 Å². The third kappa shape index (κ3) is 8.22. The zero-order valence-corrected chi connectivity index (χ0v) is 18.3. The van der Waals surface area contributed by atoms with E-state index in [1.807, 2.05) is 6.92 Å². The minimum atomic E-state index is -1.88. The molecule has 3 N–H and O–H groups in total. The number of rotatable bonds is 9. The number of hydrogen-bond acceptors (Lipinski definition) is 5. The highest BCUT2D eigenvalue weighted by Crippen LogP contribution is 2.31. The van der Waals surface area contributed by atoms with Crippen molar-refractivity contribution in [1.82, 2.24) is 10.6 Å². The summed E-state index contributed by atoms with van der Waals surface area (Å²) < 4.78 is 3.07. The van der Waals surface area contributed by atoms with Crippen molar-refractivity contribution in [3.8, 4) is 5.75 Å². The summed E-state index contributed by atoms with van der Waals surface area (Å²) in [6.45, 7) is 2.02. The molecule has 1 aromatic carbocycles. The van der Waals surface area contributed by atoms with Crippen molar-refractivity contribution in [1.29, 1.82) is 0 Å². The first-order valence-electron chi connectivity index (χ1n) is 8.34. The fourth-order valence-electron chi connectivity index (χ4n) is 2.18. The number of alkyl halides is 3. The predicted octanol–water partition coefficient (Wildman–Crippen LogP) is 4.28. The molecule has 0 heterocycles. The fraction of sp³-hybridized carbons (Fsp3) is 0.500. The molecular weight excluding hydrogens is 451 g/mol. The maximum atomic E-state index is 12.0. The fourth-order valence-corrected chi connectivity index (χ4v) is 2.74. The van der Waals surface area contributed by atoms with Gasteiger partial charge in [0.15, 0.2) is 10.9 Å². The average molecular weight is 472 g/mol. The van der Waals surface area contributed by atoms with E-state index in [9.17, 15) is 14.9 Å². The number of nitrogens with zero attached hydrogens (tertiary/aromatic N) is 1. The molecule has 28 heavy (non-hydrogen) atoms. The minimum absolute atomic E-state index is 0.00430. The monoisotopic (exact) mass is 470 g/mol. The van der Waals surface area contributed by atoms with Gasteiger partial charge in [-0.2, -0.15) is 0 Å². The second-order valence-electron chi connectivity index (χ2n) is 5.74. The van der Waals surface area contributed by atoms with Gasteiger partial charge in [0.05, 0.1) is 12.0 Å². The molecule has 1 rings (SSSR count). The van der Waals surface area contributed by atoms with Crippen molar-refractivity contribution in [2.45, 2.75) is 42.6 Å². The Morgan fingerprint density at radius 2 is 2.00 bits per heavy atom. The zero-order chi connectivity index (χ0) is 21.3. The molecule has 0 aliphatic heterocycles. The third-order valence-electron chi connectivity index (χ3n) is 3.55. The van der Waals surface area contributed by atoms with Gasteiger partial charge in [-0.1, -0.05) is 54.6 Å². The van der Waals surface area contributed by atoms with Gasteiger partial charge in [-0.05, 0) is 30.8 Å². The number of hydrogen-bond donors (Lipinski definition) is 3. The number of carbonyl (C=O) groups excluding carboxylic acids is 1.